The van der Waals surface area contributed by atoms with Crippen LogP contribution in [0.5, 0.6) is 0 Å². The van der Waals surface area contributed by atoms with E-state index >= 15 is 0 Å². The molecule has 0 saturated heterocycles. The number of nitrogens with one attached hydrogen (secondary N) is 1. The Labute approximate surface area is 69.8 Å². The molecule has 0 spiro atoms. The first-order valence-corrected chi connectivity index (χ1v) is 3.42. The predicted molar refractivity (Wildman–Crippen MR) is 43.2 cm³/mol. The standard InChI is InChI=1S/C7H8ClNO2/c1-10-11-9-7-4-2-3-6(8)5-7/h2-5,9H,1H3. The van der Waals surface area contributed by atoms with Crippen LogP contribution in [-0.2, 0) is 9.88 Å². The molecule has 1 rings (SSSR count). The van der Waals surface area contributed by atoms with Crippen molar-refractivity contribution in [2.45, 2.75) is 0 Å². The zero-order valence-electron chi connectivity index (χ0n) is 6.00. The third-order valence-electron chi connectivity index (χ3n) is 1.07. The van der Waals surface area contributed by atoms with Crippen LogP contribution in [0.1, 0.15) is 0 Å². The van der Waals surface area contributed by atoms with Crippen LogP contribution in [0.2, 0.25) is 5.02 Å². The molecule has 0 atom stereocenters. The Balaban J connectivity index is 2.56. The third kappa shape index (κ3) is 2.76. The molecular weight excluding hydrogens is 166 g/mol. The zero-order valence-corrected chi connectivity index (χ0v) is 6.76. The van der Waals surface area contributed by atoms with Gasteiger partial charge in [-0.2, -0.15) is 0 Å². The molecule has 3 nitrogen and oxygen atoms in total. The minimum absolute atomic E-state index is 0.648. The molecule has 0 aromatic heterocycles. The van der Waals surface area contributed by atoms with E-state index in [1.165, 1.54) is 7.11 Å². The van der Waals surface area contributed by atoms with Gasteiger partial charge in [-0.15, -0.1) is 4.99 Å². The molecular formula is C7H8ClNO2. The van der Waals surface area contributed by atoms with Crippen molar-refractivity contribution in [1.29, 1.82) is 0 Å². The highest BCUT2D eigenvalue weighted by molar-refractivity contribution is 6.30. The van der Waals surface area contributed by atoms with Gasteiger partial charge in [0.15, 0.2) is 0 Å². The van der Waals surface area contributed by atoms with Crippen molar-refractivity contribution in [3.63, 3.8) is 0 Å². The average molecular weight is 174 g/mol. The maximum Gasteiger partial charge on any atom is 0.0738 e. The van der Waals surface area contributed by atoms with Crippen molar-refractivity contribution < 1.29 is 9.88 Å². The topological polar surface area (TPSA) is 30.5 Å². The first-order chi connectivity index (χ1) is 5.33. The molecule has 0 aliphatic rings. The second-order valence-corrected chi connectivity index (χ2v) is 2.30. The monoisotopic (exact) mass is 173 g/mol. The number of halogens is 1. The lowest BCUT2D eigenvalue weighted by atomic mass is 10.3. The van der Waals surface area contributed by atoms with Crippen molar-refractivity contribution >= 4 is 17.3 Å². The molecule has 1 N–H and O–H groups in total. The van der Waals surface area contributed by atoms with Crippen molar-refractivity contribution in [3.05, 3.63) is 29.3 Å². The van der Waals surface area contributed by atoms with E-state index in [-0.39, 0.29) is 0 Å². The highest BCUT2D eigenvalue weighted by Gasteiger charge is 1.91. The minimum atomic E-state index is 0.648. The molecule has 4 heteroatoms. The quantitative estimate of drug-likeness (QED) is 0.562. The Bertz CT molecular complexity index is 229. The summed E-state index contributed by atoms with van der Waals surface area (Å²) in [6.45, 7) is 0. The lowest BCUT2D eigenvalue weighted by Gasteiger charge is -2.02. The van der Waals surface area contributed by atoms with Gasteiger partial charge in [0.05, 0.1) is 12.8 Å². The van der Waals surface area contributed by atoms with Gasteiger partial charge in [0.25, 0.3) is 0 Å². The maximum atomic E-state index is 5.69. The predicted octanol–water partition coefficient (Wildman–Crippen LogP) is 2.24. The summed E-state index contributed by atoms with van der Waals surface area (Å²) in [6.07, 6.45) is 0. The van der Waals surface area contributed by atoms with E-state index in [9.17, 15) is 0 Å². The fourth-order valence-corrected chi connectivity index (χ4v) is 0.832. The van der Waals surface area contributed by atoms with Crippen LogP contribution < -0.4 is 5.48 Å². The molecule has 0 radical (unpaired) electrons. The van der Waals surface area contributed by atoms with Crippen LogP contribution >= 0.6 is 11.6 Å². The summed E-state index contributed by atoms with van der Waals surface area (Å²) < 4.78 is 0. The fraction of sp³-hybridized carbons (Fsp3) is 0.143. The molecule has 1 aromatic carbocycles. The van der Waals surface area contributed by atoms with Crippen LogP contribution in [0, 0.1) is 0 Å². The average Bonchev–Trinajstić information content (AvgIpc) is 2.01. The minimum Gasteiger partial charge on any atom is -0.235 e. The van der Waals surface area contributed by atoms with Crippen LogP contribution in [0.15, 0.2) is 24.3 Å². The Hall–Kier alpha value is -0.770. The normalized spacial score (nSPS) is 9.64. The Kier molecular flexibility index (Phi) is 3.16. The molecule has 60 valence electrons. The number of hydrogen-bond donors (Lipinski definition) is 1. The number of benzene rings is 1. The van der Waals surface area contributed by atoms with E-state index in [0.29, 0.717) is 5.02 Å². The Morgan fingerprint density at radius 1 is 1.45 bits per heavy atom. The number of anilines is 1. The molecule has 0 fully saturated rings. The zero-order chi connectivity index (χ0) is 8.10. The molecule has 11 heavy (non-hydrogen) atoms. The van der Waals surface area contributed by atoms with Crippen molar-refractivity contribution in [2.75, 3.05) is 12.6 Å². The number of hydrogen-bond acceptors (Lipinski definition) is 3. The summed E-state index contributed by atoms with van der Waals surface area (Å²) in [5, 5.41) is 0.648. The fourth-order valence-electron chi connectivity index (χ4n) is 0.642. The summed E-state index contributed by atoms with van der Waals surface area (Å²) in [4.78, 5) is 8.80. The summed E-state index contributed by atoms with van der Waals surface area (Å²) in [6, 6.07) is 7.12. The van der Waals surface area contributed by atoms with E-state index < -0.39 is 0 Å². The SMILES string of the molecule is COONc1cccc(Cl)c1. The Morgan fingerprint density at radius 3 is 2.91 bits per heavy atom. The summed E-state index contributed by atoms with van der Waals surface area (Å²) >= 11 is 5.69. The van der Waals surface area contributed by atoms with Gasteiger partial charge in [0.1, 0.15) is 0 Å². The lowest BCUT2D eigenvalue weighted by Crippen LogP contribution is -1.98. The van der Waals surface area contributed by atoms with E-state index in [1.54, 1.807) is 12.1 Å². The highest BCUT2D eigenvalue weighted by Crippen LogP contribution is 2.14. The molecule has 1 aromatic rings. The van der Waals surface area contributed by atoms with Gasteiger partial charge in [0, 0.05) is 5.02 Å². The van der Waals surface area contributed by atoms with E-state index in [2.05, 4.69) is 15.4 Å². The third-order valence-corrected chi connectivity index (χ3v) is 1.30. The molecule has 0 aliphatic heterocycles. The molecule has 0 saturated carbocycles. The molecule has 0 bridgehead atoms. The van der Waals surface area contributed by atoms with E-state index in [4.69, 9.17) is 11.6 Å². The lowest BCUT2D eigenvalue weighted by molar-refractivity contribution is -0.248. The van der Waals surface area contributed by atoms with Gasteiger partial charge in [-0.25, -0.2) is 10.4 Å². The van der Waals surface area contributed by atoms with Crippen LogP contribution in [0.3, 0.4) is 0 Å². The van der Waals surface area contributed by atoms with Gasteiger partial charge in [0.2, 0.25) is 0 Å². The van der Waals surface area contributed by atoms with Gasteiger partial charge in [-0.1, -0.05) is 17.7 Å². The van der Waals surface area contributed by atoms with Crippen molar-refractivity contribution in [2.24, 2.45) is 0 Å². The number of rotatable bonds is 3. The smallest absolute Gasteiger partial charge is 0.0738 e. The second-order valence-electron chi connectivity index (χ2n) is 1.86. The second kappa shape index (κ2) is 4.18. The first-order valence-electron chi connectivity index (χ1n) is 3.04. The summed E-state index contributed by atoms with van der Waals surface area (Å²) in [5.41, 5.74) is 3.28. The van der Waals surface area contributed by atoms with E-state index in [1.807, 2.05) is 12.1 Å². The summed E-state index contributed by atoms with van der Waals surface area (Å²) in [5.74, 6) is 0. The molecule has 0 aliphatic carbocycles. The highest BCUT2D eigenvalue weighted by atomic mass is 35.5. The molecule has 0 heterocycles. The van der Waals surface area contributed by atoms with Gasteiger partial charge in [-0.05, 0) is 18.2 Å². The summed E-state index contributed by atoms with van der Waals surface area (Å²) in [7, 11) is 1.41. The van der Waals surface area contributed by atoms with Gasteiger partial charge >= 0.3 is 0 Å². The Morgan fingerprint density at radius 2 is 2.27 bits per heavy atom. The molecule has 0 amide bonds. The maximum absolute atomic E-state index is 5.69. The van der Waals surface area contributed by atoms with Crippen molar-refractivity contribution in [1.82, 2.24) is 0 Å². The first kappa shape index (κ1) is 8.33. The van der Waals surface area contributed by atoms with Crippen LogP contribution in [-0.4, -0.2) is 7.11 Å². The van der Waals surface area contributed by atoms with Crippen molar-refractivity contribution in [3.8, 4) is 0 Å². The largest absolute Gasteiger partial charge is 0.235 e. The van der Waals surface area contributed by atoms with Crippen LogP contribution in [0.25, 0.3) is 0 Å². The van der Waals surface area contributed by atoms with E-state index in [0.717, 1.165) is 5.69 Å². The molecule has 0 unspecified atom stereocenters. The van der Waals surface area contributed by atoms with Gasteiger partial charge < -0.3 is 0 Å². The van der Waals surface area contributed by atoms with Crippen LogP contribution in [0.4, 0.5) is 5.69 Å². The van der Waals surface area contributed by atoms with Gasteiger partial charge in [-0.3, -0.25) is 0 Å².